The number of ketones is 1. The number of hydrogen-bond acceptors (Lipinski definition) is 4. The van der Waals surface area contributed by atoms with Gasteiger partial charge in [-0.1, -0.05) is 109 Å². The van der Waals surface area contributed by atoms with Gasteiger partial charge in [0.15, 0.2) is 5.78 Å². The molecule has 0 aliphatic heterocycles. The number of carbonyl (C=O) groups excluding carboxylic acids is 1. The molecular weight excluding hydrogens is 783 g/mol. The monoisotopic (exact) mass is 837 g/mol. The number of pyridine rings is 1. The predicted molar refractivity (Wildman–Crippen MR) is 202 cm³/mol. The van der Waals surface area contributed by atoms with Gasteiger partial charge in [-0.2, -0.15) is 0 Å². The smallest absolute Gasteiger partial charge is 0.162 e. The zero-order valence-corrected chi connectivity index (χ0v) is 33.7. The van der Waals surface area contributed by atoms with Gasteiger partial charge < -0.3 is 14.5 Å². The summed E-state index contributed by atoms with van der Waals surface area (Å²) < 4.78 is 6.68. The predicted octanol–water partition coefficient (Wildman–Crippen LogP) is 12.3. The molecule has 0 amide bonds. The van der Waals surface area contributed by atoms with Gasteiger partial charge in [-0.05, 0) is 67.9 Å². The second kappa shape index (κ2) is 14.9. The summed E-state index contributed by atoms with van der Waals surface area (Å²) in [7, 11) is 0. The molecule has 5 aromatic rings. The van der Waals surface area contributed by atoms with Crippen LogP contribution in [0.25, 0.3) is 44.0 Å². The third-order valence-electron chi connectivity index (χ3n) is 10.3. The summed E-state index contributed by atoms with van der Waals surface area (Å²) in [5, 5.41) is 14.6. The molecule has 0 unspecified atom stereocenters. The second-order valence-corrected chi connectivity index (χ2v) is 15.6. The molecule has 1 aliphatic rings. The van der Waals surface area contributed by atoms with E-state index in [0.717, 1.165) is 65.5 Å². The Kier molecular flexibility index (Phi) is 11.7. The first-order valence-corrected chi connectivity index (χ1v) is 17.9. The van der Waals surface area contributed by atoms with Crippen LogP contribution in [-0.2, 0) is 36.7 Å². The van der Waals surface area contributed by atoms with Gasteiger partial charge in [0.2, 0.25) is 0 Å². The number of benzene rings is 3. The third kappa shape index (κ3) is 7.31. The number of nitrogens with zero attached hydrogens (tertiary/aromatic N) is 1. The maximum atomic E-state index is 11.7. The molecule has 2 aromatic heterocycles. The van der Waals surface area contributed by atoms with Crippen molar-refractivity contribution in [2.45, 2.75) is 114 Å². The molecule has 1 radical (unpaired) electrons. The van der Waals surface area contributed by atoms with Gasteiger partial charge >= 0.3 is 0 Å². The van der Waals surface area contributed by atoms with E-state index in [1.807, 2.05) is 33.9 Å². The van der Waals surface area contributed by atoms with E-state index in [4.69, 9.17) is 9.40 Å². The van der Waals surface area contributed by atoms with Crippen LogP contribution in [0.1, 0.15) is 116 Å². The zero-order valence-electron chi connectivity index (χ0n) is 31.4. The number of aliphatic hydroxyl groups excluding tert-OH is 1. The van der Waals surface area contributed by atoms with Gasteiger partial charge in [-0.15, -0.1) is 23.3 Å². The number of aliphatic hydroxyl groups is 1. The fourth-order valence-electron chi connectivity index (χ4n) is 7.60. The van der Waals surface area contributed by atoms with Crippen molar-refractivity contribution in [3.63, 3.8) is 0 Å². The minimum atomic E-state index is -0.232. The van der Waals surface area contributed by atoms with Crippen LogP contribution in [0.3, 0.4) is 0 Å². The summed E-state index contributed by atoms with van der Waals surface area (Å²) in [6, 6.07) is 17.2. The van der Waals surface area contributed by atoms with Crippen LogP contribution in [0.15, 0.2) is 58.8 Å². The average molecular weight is 837 g/mol. The maximum Gasteiger partial charge on any atom is 0.162 e. The van der Waals surface area contributed by atoms with Crippen molar-refractivity contribution in [3.8, 4) is 11.3 Å². The van der Waals surface area contributed by atoms with Crippen LogP contribution in [0.4, 0.5) is 0 Å². The van der Waals surface area contributed by atoms with Crippen molar-refractivity contribution in [2.24, 2.45) is 17.3 Å². The minimum absolute atomic E-state index is 0. The van der Waals surface area contributed by atoms with Gasteiger partial charge in [-0.25, -0.2) is 0 Å². The molecule has 0 fully saturated rings. The van der Waals surface area contributed by atoms with Crippen LogP contribution in [0.2, 0.25) is 0 Å². The Morgan fingerprint density at radius 1 is 0.959 bits per heavy atom. The van der Waals surface area contributed by atoms with E-state index in [1.165, 1.54) is 44.5 Å². The fourth-order valence-corrected chi connectivity index (χ4v) is 7.60. The van der Waals surface area contributed by atoms with Crippen molar-refractivity contribution in [1.29, 1.82) is 0 Å². The Bertz CT molecular complexity index is 2020. The molecule has 5 heteroatoms. The quantitative estimate of drug-likeness (QED) is 0.0961. The summed E-state index contributed by atoms with van der Waals surface area (Å²) in [5.74, 6) is 0.547. The van der Waals surface area contributed by atoms with Crippen LogP contribution >= 0.6 is 0 Å². The average Bonchev–Trinajstić information content (AvgIpc) is 3.40. The number of aromatic nitrogens is 1. The molecule has 4 nitrogen and oxygen atoms in total. The molecule has 2 heterocycles. The molecule has 0 saturated heterocycles. The van der Waals surface area contributed by atoms with Crippen molar-refractivity contribution in [3.05, 3.63) is 88.3 Å². The summed E-state index contributed by atoms with van der Waals surface area (Å²) in [4.78, 5) is 16.7. The first-order valence-electron chi connectivity index (χ1n) is 17.9. The van der Waals surface area contributed by atoms with Gasteiger partial charge in [0, 0.05) is 66.2 Å². The summed E-state index contributed by atoms with van der Waals surface area (Å²) in [6.45, 7) is 23.9. The Balaban J connectivity index is 0.000000290. The first kappa shape index (κ1) is 38.5. The van der Waals surface area contributed by atoms with E-state index >= 15 is 0 Å². The van der Waals surface area contributed by atoms with E-state index in [9.17, 15) is 9.90 Å². The first-order chi connectivity index (χ1) is 22.7. The molecule has 1 N–H and O–H groups in total. The van der Waals surface area contributed by atoms with Gasteiger partial charge in [-0.3, -0.25) is 4.79 Å². The molecule has 0 atom stereocenters. The minimum Gasteiger partial charge on any atom is -0.512 e. The molecule has 3 aromatic carbocycles. The normalized spacial score (nSPS) is 13.9. The third-order valence-corrected chi connectivity index (χ3v) is 10.3. The summed E-state index contributed by atoms with van der Waals surface area (Å²) >= 11 is 0. The number of hydrogen-bond donors (Lipinski definition) is 1. The van der Waals surface area contributed by atoms with Crippen LogP contribution in [0, 0.1) is 37.2 Å². The zero-order chi connectivity index (χ0) is 35.1. The molecule has 1 aliphatic carbocycles. The van der Waals surface area contributed by atoms with E-state index < -0.39 is 0 Å². The molecule has 0 bridgehead atoms. The molecule has 0 saturated carbocycles. The summed E-state index contributed by atoms with van der Waals surface area (Å²) in [5.41, 5.74) is 10.2. The number of fused-ring (bicyclic) bond motifs is 4. The van der Waals surface area contributed by atoms with E-state index in [1.54, 1.807) is 0 Å². The van der Waals surface area contributed by atoms with E-state index in [-0.39, 0.29) is 54.3 Å². The fraction of sp³-hybridized carbons (Fsp3) is 0.455. The van der Waals surface area contributed by atoms with Crippen molar-refractivity contribution in [1.82, 2.24) is 4.98 Å². The topological polar surface area (TPSA) is 63.3 Å². The largest absolute Gasteiger partial charge is 0.512 e. The van der Waals surface area contributed by atoms with Gasteiger partial charge in [0.1, 0.15) is 11.2 Å². The van der Waals surface area contributed by atoms with Crippen molar-refractivity contribution in [2.75, 3.05) is 0 Å². The number of allylic oxidation sites excluding steroid dienone is 2. The van der Waals surface area contributed by atoms with Crippen molar-refractivity contribution < 1.29 is 34.4 Å². The number of aryl methyl sites for hydroxylation is 2. The Hall–Kier alpha value is -3.27. The molecular formula is C44H54IrNO3-. The Morgan fingerprint density at radius 3 is 2.22 bits per heavy atom. The molecule has 49 heavy (non-hydrogen) atoms. The van der Waals surface area contributed by atoms with Gasteiger partial charge in [0.25, 0.3) is 0 Å². The molecule has 263 valence electrons. The van der Waals surface area contributed by atoms with Gasteiger partial charge in [0.05, 0.1) is 5.76 Å². The number of rotatable bonds is 8. The SMILES string of the molecule is CCC(CC)C(=O)/C=C(\O)C(CC)CC.Cc1ccc2c3c([c-]cc2c1)-c1ncc(C)c2oc4c(CC(C)(C)C)ccc(c4c12)C3(C)C.[Ir]. The van der Waals surface area contributed by atoms with E-state index in [2.05, 4.69) is 90.9 Å². The van der Waals surface area contributed by atoms with Crippen LogP contribution in [-0.4, -0.2) is 15.9 Å². The van der Waals surface area contributed by atoms with Crippen LogP contribution in [0.5, 0.6) is 0 Å². The Labute approximate surface area is 307 Å². The standard InChI is InChI=1S/C31H30NO.C13H24O2.Ir/c1-17-8-11-21-19(14-17)9-12-22-26(21)31(6,7)23-13-10-20(15-30(3,4)5)29-24(23)25-27(22)32-16-18(2)28(25)33-29;1-5-10(6-2)12(14)9-13(15)11(7-3)8-4;/h8-11,13-14,16H,15H2,1-7H3;9-11,14H,5-8H2,1-4H3;/q-1;;/b;12-9-;. The Morgan fingerprint density at radius 2 is 1.61 bits per heavy atom. The maximum absolute atomic E-state index is 11.7. The molecule has 0 spiro atoms. The summed E-state index contributed by atoms with van der Waals surface area (Å²) in [6.07, 6.45) is 7.83. The number of furan rings is 1. The second-order valence-electron chi connectivity index (χ2n) is 15.6. The molecule has 6 rings (SSSR count). The van der Waals surface area contributed by atoms with Crippen molar-refractivity contribution >= 4 is 38.5 Å². The number of carbonyl (C=O) groups is 1. The van der Waals surface area contributed by atoms with Crippen LogP contribution < -0.4 is 0 Å². The van der Waals surface area contributed by atoms with E-state index in [0.29, 0.717) is 0 Å².